The summed E-state index contributed by atoms with van der Waals surface area (Å²) in [5, 5.41) is 0.572. The second-order valence-corrected chi connectivity index (χ2v) is 7.33. The second kappa shape index (κ2) is 5.68. The third-order valence-corrected chi connectivity index (χ3v) is 4.97. The molecule has 0 amide bonds. The van der Waals surface area contributed by atoms with Crippen LogP contribution in [-0.2, 0) is 10.0 Å². The third kappa shape index (κ3) is 3.61. The minimum absolute atomic E-state index is 0.248. The van der Waals surface area contributed by atoms with E-state index >= 15 is 0 Å². The fourth-order valence-electron chi connectivity index (χ4n) is 1.56. The first-order valence-electron chi connectivity index (χ1n) is 5.43. The van der Waals surface area contributed by atoms with Crippen molar-refractivity contribution in [3.63, 3.8) is 0 Å². The molecule has 0 saturated heterocycles. The van der Waals surface area contributed by atoms with Crippen molar-refractivity contribution in [2.24, 2.45) is 0 Å². The number of rotatable bonds is 3. The highest BCUT2D eigenvalue weighted by atomic mass is 127. The Balaban J connectivity index is 2.36. The smallest absolute Gasteiger partial charge is 0.261 e. The predicted molar refractivity (Wildman–Crippen MR) is 86.2 cm³/mol. The highest BCUT2D eigenvalue weighted by Crippen LogP contribution is 2.25. The Hall–Kier alpha value is -0.790. The van der Waals surface area contributed by atoms with E-state index in [0.29, 0.717) is 10.7 Å². The zero-order valence-corrected chi connectivity index (χ0v) is 13.8. The average molecular weight is 408 g/mol. The summed E-state index contributed by atoms with van der Waals surface area (Å²) in [5.41, 5.74) is 1.42. The van der Waals surface area contributed by atoms with Crippen molar-refractivity contribution in [1.29, 1.82) is 0 Å². The molecule has 19 heavy (non-hydrogen) atoms. The number of hydrogen-bond donors (Lipinski definition) is 1. The van der Waals surface area contributed by atoms with E-state index in [-0.39, 0.29) is 4.90 Å². The van der Waals surface area contributed by atoms with E-state index in [1.54, 1.807) is 36.4 Å². The summed E-state index contributed by atoms with van der Waals surface area (Å²) >= 11 is 7.88. The molecule has 2 rings (SSSR count). The molecule has 0 unspecified atom stereocenters. The van der Waals surface area contributed by atoms with Gasteiger partial charge in [-0.15, -0.1) is 0 Å². The van der Waals surface area contributed by atoms with Gasteiger partial charge in [0.2, 0.25) is 0 Å². The Morgan fingerprint density at radius 3 is 2.53 bits per heavy atom. The quantitative estimate of drug-likeness (QED) is 0.780. The number of anilines is 1. The zero-order valence-electron chi connectivity index (χ0n) is 10.0. The van der Waals surface area contributed by atoms with E-state index in [2.05, 4.69) is 4.72 Å². The van der Waals surface area contributed by atoms with Crippen molar-refractivity contribution in [3.05, 3.63) is 56.6 Å². The standard InChI is InChI=1S/C13H11ClINO2S/c1-9-3-2-4-11(7-9)19(17,18)16-13-6-5-10(14)8-12(13)15/h2-8,16H,1H3. The summed E-state index contributed by atoms with van der Waals surface area (Å²) in [6, 6.07) is 11.8. The Bertz CT molecular complexity index is 716. The van der Waals surface area contributed by atoms with Crippen molar-refractivity contribution < 1.29 is 8.42 Å². The van der Waals surface area contributed by atoms with Gasteiger partial charge in [0, 0.05) is 8.59 Å². The Labute approximate surface area is 131 Å². The highest BCUT2D eigenvalue weighted by molar-refractivity contribution is 14.1. The Kier molecular flexibility index (Phi) is 4.37. The SMILES string of the molecule is Cc1cccc(S(=O)(=O)Nc2ccc(Cl)cc2I)c1. The molecule has 2 aromatic carbocycles. The van der Waals surface area contributed by atoms with E-state index in [1.165, 1.54) is 0 Å². The van der Waals surface area contributed by atoms with E-state index < -0.39 is 10.0 Å². The van der Waals surface area contributed by atoms with E-state index in [1.807, 2.05) is 35.6 Å². The summed E-state index contributed by atoms with van der Waals surface area (Å²) in [5.74, 6) is 0. The molecular weight excluding hydrogens is 397 g/mol. The molecule has 0 aliphatic carbocycles. The van der Waals surface area contributed by atoms with Gasteiger partial charge in [-0.05, 0) is 65.4 Å². The Morgan fingerprint density at radius 2 is 1.89 bits per heavy atom. The number of hydrogen-bond acceptors (Lipinski definition) is 2. The minimum atomic E-state index is -3.57. The van der Waals surface area contributed by atoms with Crippen LogP contribution in [0.15, 0.2) is 47.4 Å². The van der Waals surface area contributed by atoms with E-state index in [0.717, 1.165) is 9.13 Å². The molecule has 0 aromatic heterocycles. The van der Waals surface area contributed by atoms with Crippen LogP contribution in [0.25, 0.3) is 0 Å². The number of nitrogens with one attached hydrogen (secondary N) is 1. The van der Waals surface area contributed by atoms with Crippen molar-refractivity contribution in [1.82, 2.24) is 0 Å². The Morgan fingerprint density at radius 1 is 1.16 bits per heavy atom. The zero-order chi connectivity index (χ0) is 14.0. The topological polar surface area (TPSA) is 46.2 Å². The summed E-state index contributed by atoms with van der Waals surface area (Å²) in [6.07, 6.45) is 0. The maximum absolute atomic E-state index is 12.2. The number of sulfonamides is 1. The van der Waals surface area contributed by atoms with Crippen LogP contribution >= 0.6 is 34.2 Å². The van der Waals surface area contributed by atoms with E-state index in [9.17, 15) is 8.42 Å². The minimum Gasteiger partial charge on any atom is -0.279 e. The van der Waals surface area contributed by atoms with Gasteiger partial charge in [0.25, 0.3) is 10.0 Å². The first-order chi connectivity index (χ1) is 8.88. The van der Waals surface area contributed by atoms with Crippen LogP contribution in [0.1, 0.15) is 5.56 Å². The maximum atomic E-state index is 12.2. The normalized spacial score (nSPS) is 11.3. The van der Waals surface area contributed by atoms with Crippen LogP contribution in [0.3, 0.4) is 0 Å². The van der Waals surface area contributed by atoms with Gasteiger partial charge in [-0.25, -0.2) is 8.42 Å². The van der Waals surface area contributed by atoms with Crippen molar-refractivity contribution in [2.45, 2.75) is 11.8 Å². The van der Waals surface area contributed by atoms with Crippen LogP contribution in [0.2, 0.25) is 5.02 Å². The highest BCUT2D eigenvalue weighted by Gasteiger charge is 2.15. The van der Waals surface area contributed by atoms with Gasteiger partial charge in [0.05, 0.1) is 10.6 Å². The van der Waals surface area contributed by atoms with Gasteiger partial charge < -0.3 is 0 Å². The van der Waals surface area contributed by atoms with Gasteiger partial charge in [-0.3, -0.25) is 4.72 Å². The first kappa shape index (κ1) is 14.6. The molecule has 0 bridgehead atoms. The van der Waals surface area contributed by atoms with Gasteiger partial charge >= 0.3 is 0 Å². The fourth-order valence-corrected chi connectivity index (χ4v) is 3.93. The molecule has 3 nitrogen and oxygen atoms in total. The van der Waals surface area contributed by atoms with Crippen molar-refractivity contribution >= 4 is 49.9 Å². The van der Waals surface area contributed by atoms with Crippen LogP contribution < -0.4 is 4.72 Å². The molecule has 1 N–H and O–H groups in total. The molecule has 100 valence electrons. The molecule has 2 aromatic rings. The van der Waals surface area contributed by atoms with Crippen LogP contribution in [-0.4, -0.2) is 8.42 Å². The third-order valence-electron chi connectivity index (χ3n) is 2.48. The molecule has 0 spiro atoms. The molecule has 0 aliphatic heterocycles. The lowest BCUT2D eigenvalue weighted by Gasteiger charge is -2.10. The summed E-state index contributed by atoms with van der Waals surface area (Å²) in [7, 11) is -3.57. The molecule has 6 heteroatoms. The summed E-state index contributed by atoms with van der Waals surface area (Å²) in [4.78, 5) is 0.248. The second-order valence-electron chi connectivity index (χ2n) is 4.05. The van der Waals surface area contributed by atoms with E-state index in [4.69, 9.17) is 11.6 Å². The van der Waals surface area contributed by atoms with Gasteiger partial charge in [0.15, 0.2) is 0 Å². The first-order valence-corrected chi connectivity index (χ1v) is 8.37. The average Bonchev–Trinajstić information content (AvgIpc) is 2.33. The monoisotopic (exact) mass is 407 g/mol. The van der Waals surface area contributed by atoms with Crippen LogP contribution in [0, 0.1) is 10.5 Å². The molecule has 0 aliphatic rings. The van der Waals surface area contributed by atoms with Crippen molar-refractivity contribution in [2.75, 3.05) is 4.72 Å². The van der Waals surface area contributed by atoms with Crippen molar-refractivity contribution in [3.8, 4) is 0 Å². The largest absolute Gasteiger partial charge is 0.279 e. The van der Waals surface area contributed by atoms with Gasteiger partial charge in [-0.1, -0.05) is 23.7 Å². The molecule has 0 saturated carbocycles. The fraction of sp³-hybridized carbons (Fsp3) is 0.0769. The maximum Gasteiger partial charge on any atom is 0.261 e. The lowest BCUT2D eigenvalue weighted by Crippen LogP contribution is -2.13. The number of benzene rings is 2. The molecular formula is C13H11ClINO2S. The van der Waals surface area contributed by atoms with Crippen LogP contribution in [0.4, 0.5) is 5.69 Å². The van der Waals surface area contributed by atoms with Gasteiger partial charge in [0.1, 0.15) is 0 Å². The lowest BCUT2D eigenvalue weighted by molar-refractivity contribution is 0.601. The molecule has 0 atom stereocenters. The summed E-state index contributed by atoms with van der Waals surface area (Å²) in [6.45, 7) is 1.85. The van der Waals surface area contributed by atoms with Gasteiger partial charge in [-0.2, -0.15) is 0 Å². The predicted octanol–water partition coefficient (Wildman–Crippen LogP) is 4.05. The lowest BCUT2D eigenvalue weighted by atomic mass is 10.2. The number of halogens is 2. The molecule has 0 fully saturated rings. The molecule has 0 heterocycles. The number of aryl methyl sites for hydroxylation is 1. The van der Waals surface area contributed by atoms with Crippen LogP contribution in [0.5, 0.6) is 0 Å². The summed E-state index contributed by atoms with van der Waals surface area (Å²) < 4.78 is 27.8. The molecule has 0 radical (unpaired) electrons.